The van der Waals surface area contributed by atoms with Gasteiger partial charge in [-0.1, -0.05) is 56.7 Å². The van der Waals surface area contributed by atoms with Crippen LogP contribution in [-0.4, -0.2) is 6.21 Å². The largest absolute Gasteiger partial charge is 0.391 e. The van der Waals surface area contributed by atoms with Gasteiger partial charge in [0.2, 0.25) is 5.82 Å². The summed E-state index contributed by atoms with van der Waals surface area (Å²) in [5.41, 5.74) is -1.05. The van der Waals surface area contributed by atoms with Gasteiger partial charge in [-0.3, -0.25) is 0 Å². The van der Waals surface area contributed by atoms with Crippen molar-refractivity contribution in [3.05, 3.63) is 46.8 Å². The fraction of sp³-hybridized carbons (Fsp3) is 0.526. The molecule has 0 aliphatic rings. The van der Waals surface area contributed by atoms with Gasteiger partial charge in [0.25, 0.3) is 0 Å². The Kier molecular flexibility index (Phi) is 10.6. The van der Waals surface area contributed by atoms with Crippen molar-refractivity contribution in [2.45, 2.75) is 64.9 Å². The van der Waals surface area contributed by atoms with Gasteiger partial charge in [-0.25, -0.2) is 22.0 Å². The third kappa shape index (κ3) is 7.14. The monoisotopic (exact) mass is 377 g/mol. The van der Waals surface area contributed by atoms with E-state index in [9.17, 15) is 22.0 Å². The Morgan fingerprint density at radius 3 is 1.92 bits per heavy atom. The molecule has 0 radical (unpaired) electrons. The Morgan fingerprint density at radius 1 is 0.769 bits per heavy atom. The van der Waals surface area contributed by atoms with Gasteiger partial charge >= 0.3 is 0 Å². The van der Waals surface area contributed by atoms with E-state index in [0.717, 1.165) is 19.3 Å². The van der Waals surface area contributed by atoms with Crippen LogP contribution in [0.4, 0.5) is 22.0 Å². The molecule has 0 bridgehead atoms. The summed E-state index contributed by atoms with van der Waals surface area (Å²) in [6, 6.07) is 0. The molecule has 0 saturated heterocycles. The van der Waals surface area contributed by atoms with Crippen LogP contribution in [0.5, 0.6) is 0 Å². The predicted molar refractivity (Wildman–Crippen MR) is 91.3 cm³/mol. The first-order chi connectivity index (χ1) is 12.5. The molecule has 1 rings (SSSR count). The molecule has 0 amide bonds. The molecule has 0 aliphatic heterocycles. The van der Waals surface area contributed by atoms with Crippen LogP contribution in [0.1, 0.15) is 63.9 Å². The van der Waals surface area contributed by atoms with E-state index < -0.39 is 41.3 Å². The summed E-state index contributed by atoms with van der Waals surface area (Å²) in [6.07, 6.45) is 14.1. The minimum absolute atomic E-state index is 0.853. The Bertz CT molecular complexity index is 587. The van der Waals surface area contributed by atoms with Crippen LogP contribution in [0, 0.1) is 29.1 Å². The van der Waals surface area contributed by atoms with Gasteiger partial charge in [0.15, 0.2) is 23.3 Å². The second-order valence-electron chi connectivity index (χ2n) is 5.91. The third-order valence-corrected chi connectivity index (χ3v) is 3.84. The average Bonchev–Trinajstić information content (AvgIpc) is 2.64. The first kappa shape index (κ1) is 22.1. The van der Waals surface area contributed by atoms with Crippen LogP contribution in [0.15, 0.2) is 17.3 Å². The standard InChI is InChI=1S/C19H24F5NO/c1-2-3-4-5-6-7-8-9-10-11-12-25-26-13-14-15(20)17(22)19(24)18(23)16(14)21/h10-12H,2-9,13H2,1H3/b11-10+,25-12+. The Balaban J connectivity index is 2.28. The molecule has 0 fully saturated rings. The van der Waals surface area contributed by atoms with Gasteiger partial charge in [0.05, 0.1) is 11.8 Å². The lowest BCUT2D eigenvalue weighted by Crippen LogP contribution is -2.07. The van der Waals surface area contributed by atoms with Crippen molar-refractivity contribution in [1.82, 2.24) is 0 Å². The van der Waals surface area contributed by atoms with Crippen molar-refractivity contribution in [1.29, 1.82) is 0 Å². The van der Waals surface area contributed by atoms with Crippen molar-refractivity contribution in [3.63, 3.8) is 0 Å². The number of benzene rings is 1. The number of hydrogen-bond acceptors (Lipinski definition) is 2. The maximum atomic E-state index is 13.4. The van der Waals surface area contributed by atoms with Gasteiger partial charge in [-0.05, 0) is 18.9 Å². The normalized spacial score (nSPS) is 11.8. The molecule has 0 aromatic heterocycles. The SMILES string of the molecule is CCCCCCCCC/C=C/C=N/OCc1c(F)c(F)c(F)c(F)c1F. The van der Waals surface area contributed by atoms with Crippen LogP contribution >= 0.6 is 0 Å². The van der Waals surface area contributed by atoms with E-state index in [0.29, 0.717) is 0 Å². The van der Waals surface area contributed by atoms with Crippen molar-refractivity contribution >= 4 is 6.21 Å². The second-order valence-corrected chi connectivity index (χ2v) is 5.91. The molecule has 1 aromatic rings. The number of halogens is 5. The molecule has 1 aromatic carbocycles. The van der Waals surface area contributed by atoms with Crippen molar-refractivity contribution in [2.24, 2.45) is 5.16 Å². The van der Waals surface area contributed by atoms with E-state index in [2.05, 4.69) is 16.9 Å². The molecule has 0 atom stereocenters. The summed E-state index contributed by atoms with van der Waals surface area (Å²) in [6.45, 7) is 1.33. The van der Waals surface area contributed by atoms with E-state index in [-0.39, 0.29) is 0 Å². The highest BCUT2D eigenvalue weighted by atomic mass is 19.2. The number of allylic oxidation sites excluding steroid dienone is 2. The predicted octanol–water partition coefficient (Wildman–Crippen LogP) is 6.58. The molecule has 0 heterocycles. The number of hydrogen-bond donors (Lipinski definition) is 0. The summed E-state index contributed by atoms with van der Waals surface area (Å²) in [4.78, 5) is 4.60. The first-order valence-electron chi connectivity index (χ1n) is 8.81. The maximum absolute atomic E-state index is 13.4. The molecule has 7 heteroatoms. The molecule has 0 unspecified atom stereocenters. The van der Waals surface area contributed by atoms with Gasteiger partial charge in [-0.2, -0.15) is 0 Å². The molecule has 0 saturated carbocycles. The van der Waals surface area contributed by atoms with Gasteiger partial charge in [0.1, 0.15) is 6.61 Å². The van der Waals surface area contributed by atoms with Crippen LogP contribution in [-0.2, 0) is 11.4 Å². The Morgan fingerprint density at radius 2 is 1.31 bits per heavy atom. The molecule has 0 spiro atoms. The molecule has 146 valence electrons. The van der Waals surface area contributed by atoms with Gasteiger partial charge in [-0.15, -0.1) is 0 Å². The Labute approximate surface area is 150 Å². The minimum atomic E-state index is -2.19. The quantitative estimate of drug-likeness (QED) is 0.101. The summed E-state index contributed by atoms with van der Waals surface area (Å²) >= 11 is 0. The zero-order valence-corrected chi connectivity index (χ0v) is 14.8. The summed E-state index contributed by atoms with van der Waals surface area (Å²) in [7, 11) is 0. The fourth-order valence-corrected chi connectivity index (χ4v) is 2.33. The van der Waals surface area contributed by atoms with Crippen LogP contribution in [0.25, 0.3) is 0 Å². The lowest BCUT2D eigenvalue weighted by Gasteiger charge is -2.06. The van der Waals surface area contributed by atoms with Crippen molar-refractivity contribution < 1.29 is 26.8 Å². The van der Waals surface area contributed by atoms with E-state index in [1.807, 2.05) is 6.08 Å². The van der Waals surface area contributed by atoms with Gasteiger partial charge in [0, 0.05) is 0 Å². The van der Waals surface area contributed by atoms with Crippen molar-refractivity contribution in [3.8, 4) is 0 Å². The number of oxime groups is 1. The number of nitrogens with zero attached hydrogens (tertiary/aromatic N) is 1. The van der Waals surface area contributed by atoms with Crippen LogP contribution < -0.4 is 0 Å². The first-order valence-corrected chi connectivity index (χ1v) is 8.81. The summed E-state index contributed by atoms with van der Waals surface area (Å²) < 4.78 is 65.6. The smallest absolute Gasteiger partial charge is 0.200 e. The number of unbranched alkanes of at least 4 members (excludes halogenated alkanes) is 7. The Hall–Kier alpha value is -1.92. The second kappa shape index (κ2) is 12.4. The van der Waals surface area contributed by atoms with E-state index >= 15 is 0 Å². The highest BCUT2D eigenvalue weighted by Crippen LogP contribution is 2.23. The lowest BCUT2D eigenvalue weighted by atomic mass is 10.1. The average molecular weight is 377 g/mol. The zero-order valence-electron chi connectivity index (χ0n) is 14.8. The van der Waals surface area contributed by atoms with E-state index in [1.165, 1.54) is 38.3 Å². The molecule has 2 nitrogen and oxygen atoms in total. The topological polar surface area (TPSA) is 21.6 Å². The van der Waals surface area contributed by atoms with E-state index in [1.54, 1.807) is 6.08 Å². The molecular weight excluding hydrogens is 353 g/mol. The number of rotatable bonds is 12. The molecule has 0 N–H and O–H groups in total. The molecule has 0 aliphatic carbocycles. The summed E-state index contributed by atoms with van der Waals surface area (Å²) in [5.74, 6) is -10.0. The van der Waals surface area contributed by atoms with Crippen molar-refractivity contribution in [2.75, 3.05) is 0 Å². The fourth-order valence-electron chi connectivity index (χ4n) is 2.33. The molecule has 26 heavy (non-hydrogen) atoms. The van der Waals surface area contributed by atoms with E-state index in [4.69, 9.17) is 0 Å². The summed E-state index contributed by atoms with van der Waals surface area (Å²) in [5, 5.41) is 3.41. The minimum Gasteiger partial charge on any atom is -0.391 e. The highest BCUT2D eigenvalue weighted by molar-refractivity contribution is 5.70. The molecular formula is C19H24F5NO. The van der Waals surface area contributed by atoms with Gasteiger partial charge < -0.3 is 4.84 Å². The maximum Gasteiger partial charge on any atom is 0.200 e. The third-order valence-electron chi connectivity index (χ3n) is 3.84. The zero-order chi connectivity index (χ0) is 19.4. The van der Waals surface area contributed by atoms with Crippen LogP contribution in [0.3, 0.4) is 0 Å². The van der Waals surface area contributed by atoms with Crippen LogP contribution in [0.2, 0.25) is 0 Å². The lowest BCUT2D eigenvalue weighted by molar-refractivity contribution is 0.124. The highest BCUT2D eigenvalue weighted by Gasteiger charge is 2.25.